The molecular formula is C23H34O5. The number of benzene rings is 1. The number of methoxy groups -OCH3 is 2. The number of unbranched alkanes of at least 4 members (excludes halogenated alkanes) is 3. The van der Waals surface area contributed by atoms with Gasteiger partial charge in [0, 0.05) is 0 Å². The summed E-state index contributed by atoms with van der Waals surface area (Å²) < 4.78 is 16.3. The molecule has 28 heavy (non-hydrogen) atoms. The molecule has 1 saturated carbocycles. The molecule has 1 atom stereocenters. The Morgan fingerprint density at radius 1 is 1.00 bits per heavy atom. The van der Waals surface area contributed by atoms with Crippen molar-refractivity contribution in [1.29, 1.82) is 0 Å². The van der Waals surface area contributed by atoms with Crippen molar-refractivity contribution >= 4 is 11.8 Å². The van der Waals surface area contributed by atoms with Crippen molar-refractivity contribution in [2.75, 3.05) is 20.8 Å². The van der Waals surface area contributed by atoms with Crippen molar-refractivity contribution in [2.45, 2.75) is 64.7 Å². The average molecular weight is 391 g/mol. The van der Waals surface area contributed by atoms with Gasteiger partial charge >= 0.3 is 5.97 Å². The zero-order chi connectivity index (χ0) is 20.4. The van der Waals surface area contributed by atoms with Gasteiger partial charge < -0.3 is 14.2 Å². The van der Waals surface area contributed by atoms with E-state index >= 15 is 0 Å². The number of carbonyl (C=O) groups is 2. The first kappa shape index (κ1) is 22.3. The van der Waals surface area contributed by atoms with Crippen molar-refractivity contribution in [2.24, 2.45) is 11.8 Å². The average Bonchev–Trinajstić information content (AvgIpc) is 2.73. The van der Waals surface area contributed by atoms with Crippen LogP contribution >= 0.6 is 0 Å². The summed E-state index contributed by atoms with van der Waals surface area (Å²) in [4.78, 5) is 26.5. The standard InChI is InChI=1S/C23H34O5/c1-4-5-6-10-16-28-23(25)20(17-12-8-7-9-13-17)22(24)21-18(26-2)14-11-15-19(21)27-3/h11,14-15,17,20H,4-10,12-13,16H2,1-3H3. The molecule has 5 nitrogen and oxygen atoms in total. The Morgan fingerprint density at radius 3 is 2.21 bits per heavy atom. The number of hydrogen-bond donors (Lipinski definition) is 0. The number of hydrogen-bond acceptors (Lipinski definition) is 5. The van der Waals surface area contributed by atoms with Crippen molar-refractivity contribution in [3.63, 3.8) is 0 Å². The molecule has 0 aliphatic heterocycles. The Morgan fingerprint density at radius 2 is 1.64 bits per heavy atom. The van der Waals surface area contributed by atoms with Gasteiger partial charge in [0.1, 0.15) is 23.0 Å². The Labute approximate surface area is 168 Å². The maximum Gasteiger partial charge on any atom is 0.317 e. The minimum atomic E-state index is -0.795. The Balaban J connectivity index is 2.23. The first-order valence-electron chi connectivity index (χ1n) is 10.6. The fraction of sp³-hybridized carbons (Fsp3) is 0.652. The molecule has 1 aromatic rings. The van der Waals surface area contributed by atoms with Crippen LogP contribution in [0.5, 0.6) is 11.5 Å². The quantitative estimate of drug-likeness (QED) is 0.225. The van der Waals surface area contributed by atoms with Crippen molar-refractivity contribution < 1.29 is 23.8 Å². The largest absolute Gasteiger partial charge is 0.496 e. The molecule has 1 aliphatic carbocycles. The maximum absolute atomic E-state index is 13.5. The number of rotatable bonds is 11. The van der Waals surface area contributed by atoms with E-state index in [2.05, 4.69) is 6.92 Å². The van der Waals surface area contributed by atoms with Gasteiger partial charge in [-0.1, -0.05) is 51.5 Å². The number of esters is 1. The van der Waals surface area contributed by atoms with Crippen LogP contribution in [0, 0.1) is 11.8 Å². The molecule has 0 bridgehead atoms. The fourth-order valence-electron chi connectivity index (χ4n) is 4.02. The zero-order valence-electron chi connectivity index (χ0n) is 17.5. The molecule has 0 heterocycles. The van der Waals surface area contributed by atoms with Crippen molar-refractivity contribution in [1.82, 2.24) is 0 Å². The monoisotopic (exact) mass is 390 g/mol. The van der Waals surface area contributed by atoms with Crippen molar-refractivity contribution in [3.8, 4) is 11.5 Å². The predicted molar refractivity (Wildman–Crippen MR) is 109 cm³/mol. The van der Waals surface area contributed by atoms with Gasteiger partial charge in [-0.05, 0) is 37.3 Å². The summed E-state index contributed by atoms with van der Waals surface area (Å²) in [5.74, 6) is -0.571. The molecule has 0 radical (unpaired) electrons. The summed E-state index contributed by atoms with van der Waals surface area (Å²) in [5, 5.41) is 0. The van der Waals surface area contributed by atoms with Gasteiger partial charge in [0.25, 0.3) is 0 Å². The van der Waals surface area contributed by atoms with E-state index in [0.29, 0.717) is 23.7 Å². The van der Waals surface area contributed by atoms with Crippen LogP contribution in [0.15, 0.2) is 18.2 Å². The lowest BCUT2D eigenvalue weighted by Crippen LogP contribution is -2.35. The van der Waals surface area contributed by atoms with E-state index < -0.39 is 11.9 Å². The second-order valence-corrected chi connectivity index (χ2v) is 7.51. The van der Waals surface area contributed by atoms with Crippen LogP contribution in [-0.4, -0.2) is 32.6 Å². The maximum atomic E-state index is 13.5. The van der Waals surface area contributed by atoms with Gasteiger partial charge in [-0.2, -0.15) is 0 Å². The molecule has 1 aliphatic rings. The molecule has 5 heteroatoms. The van der Waals surface area contributed by atoms with E-state index in [-0.39, 0.29) is 11.7 Å². The first-order valence-corrected chi connectivity index (χ1v) is 10.6. The topological polar surface area (TPSA) is 61.8 Å². The highest BCUT2D eigenvalue weighted by atomic mass is 16.5. The SMILES string of the molecule is CCCCCCOC(=O)C(C(=O)c1c(OC)cccc1OC)C1CCCCC1. The Hall–Kier alpha value is -2.04. The lowest BCUT2D eigenvalue weighted by Gasteiger charge is -2.28. The Bertz CT molecular complexity index is 612. The highest BCUT2D eigenvalue weighted by Gasteiger charge is 2.39. The molecule has 1 unspecified atom stereocenters. The second-order valence-electron chi connectivity index (χ2n) is 7.51. The fourth-order valence-corrected chi connectivity index (χ4v) is 4.02. The predicted octanol–water partition coefficient (Wildman–Crippen LogP) is 5.21. The van der Waals surface area contributed by atoms with Gasteiger partial charge in [0.2, 0.25) is 0 Å². The summed E-state index contributed by atoms with van der Waals surface area (Å²) >= 11 is 0. The lowest BCUT2D eigenvalue weighted by molar-refractivity contribution is -0.149. The van der Waals surface area contributed by atoms with Gasteiger partial charge in [0.15, 0.2) is 5.78 Å². The van der Waals surface area contributed by atoms with Gasteiger partial charge in [-0.25, -0.2) is 0 Å². The summed E-state index contributed by atoms with van der Waals surface area (Å²) in [7, 11) is 3.04. The van der Waals surface area contributed by atoms with E-state index in [9.17, 15) is 9.59 Å². The van der Waals surface area contributed by atoms with E-state index in [4.69, 9.17) is 14.2 Å². The van der Waals surface area contributed by atoms with Crippen LogP contribution in [0.25, 0.3) is 0 Å². The molecule has 0 saturated heterocycles. The van der Waals surface area contributed by atoms with Crippen LogP contribution in [0.3, 0.4) is 0 Å². The molecule has 0 spiro atoms. The highest BCUT2D eigenvalue weighted by molar-refractivity contribution is 6.11. The summed E-state index contributed by atoms with van der Waals surface area (Å²) in [6.07, 6.45) is 9.11. The number of ketones is 1. The molecule has 2 rings (SSSR count). The molecule has 0 aromatic heterocycles. The third kappa shape index (κ3) is 5.73. The van der Waals surface area contributed by atoms with Crippen LogP contribution in [0.1, 0.15) is 75.1 Å². The molecule has 0 amide bonds. The lowest BCUT2D eigenvalue weighted by atomic mass is 9.76. The zero-order valence-corrected chi connectivity index (χ0v) is 17.5. The normalized spacial score (nSPS) is 15.7. The molecule has 1 aromatic carbocycles. The number of carbonyl (C=O) groups excluding carboxylic acids is 2. The molecule has 1 fully saturated rings. The van der Waals surface area contributed by atoms with Crippen LogP contribution < -0.4 is 9.47 Å². The molecular weight excluding hydrogens is 356 g/mol. The third-order valence-corrected chi connectivity index (χ3v) is 5.57. The Kier molecular flexibility index (Phi) is 9.32. The summed E-state index contributed by atoms with van der Waals surface area (Å²) in [6, 6.07) is 5.23. The van der Waals surface area contributed by atoms with E-state index in [0.717, 1.165) is 57.8 Å². The molecule has 0 N–H and O–H groups in total. The van der Waals surface area contributed by atoms with E-state index in [1.54, 1.807) is 18.2 Å². The van der Waals surface area contributed by atoms with Crippen LogP contribution in [-0.2, 0) is 9.53 Å². The molecule has 156 valence electrons. The summed E-state index contributed by atoms with van der Waals surface area (Å²) in [6.45, 7) is 2.52. The minimum Gasteiger partial charge on any atom is -0.496 e. The minimum absolute atomic E-state index is 0.0130. The summed E-state index contributed by atoms with van der Waals surface area (Å²) in [5.41, 5.74) is 0.339. The van der Waals surface area contributed by atoms with Gasteiger partial charge in [-0.15, -0.1) is 0 Å². The van der Waals surface area contributed by atoms with E-state index in [1.807, 2.05) is 0 Å². The van der Waals surface area contributed by atoms with Crippen LogP contribution in [0.4, 0.5) is 0 Å². The third-order valence-electron chi connectivity index (χ3n) is 5.57. The van der Waals surface area contributed by atoms with Crippen molar-refractivity contribution in [3.05, 3.63) is 23.8 Å². The van der Waals surface area contributed by atoms with Gasteiger partial charge in [0.05, 0.1) is 20.8 Å². The second kappa shape index (κ2) is 11.7. The van der Waals surface area contributed by atoms with Crippen LogP contribution in [0.2, 0.25) is 0 Å². The van der Waals surface area contributed by atoms with Gasteiger partial charge in [-0.3, -0.25) is 9.59 Å². The first-order chi connectivity index (χ1) is 13.6. The number of ether oxygens (including phenoxy) is 3. The highest BCUT2D eigenvalue weighted by Crippen LogP contribution is 2.37. The smallest absolute Gasteiger partial charge is 0.317 e. The number of Topliss-reactive ketones (excluding diaryl/α,β-unsaturated/α-hetero) is 1. The van der Waals surface area contributed by atoms with E-state index in [1.165, 1.54) is 14.2 Å².